The molecule has 6 N–H and O–H groups in total. The summed E-state index contributed by atoms with van der Waals surface area (Å²) in [7, 11) is 0. The summed E-state index contributed by atoms with van der Waals surface area (Å²) in [6.45, 7) is 4.21. The molecule has 1 rings (SSSR count). The maximum absolute atomic E-state index is 10.9. The third kappa shape index (κ3) is 25.1. The Kier molecular flexibility index (Phi) is 30.4. The Morgan fingerprint density at radius 2 is 1.08 bits per heavy atom. The van der Waals surface area contributed by atoms with Crippen molar-refractivity contribution in [2.75, 3.05) is 6.61 Å². The van der Waals surface area contributed by atoms with E-state index in [2.05, 4.69) is 12.2 Å². The molecule has 0 aromatic heterocycles. The summed E-state index contributed by atoms with van der Waals surface area (Å²) in [6, 6.07) is -0.554. The highest BCUT2D eigenvalue weighted by Gasteiger charge is 2.33. The number of rotatable bonds is 32. The second kappa shape index (κ2) is 32.1. The molecule has 7 atom stereocenters. The Balaban J connectivity index is 2.09. The zero-order valence-electron chi connectivity index (χ0n) is 31.8. The molecule has 0 spiro atoms. The van der Waals surface area contributed by atoms with E-state index in [4.69, 9.17) is 17.0 Å². The van der Waals surface area contributed by atoms with Gasteiger partial charge in [-0.15, -0.1) is 0 Å². The van der Waals surface area contributed by atoms with E-state index < -0.39 is 42.7 Å². The van der Waals surface area contributed by atoms with Gasteiger partial charge >= 0.3 is 0 Å². The van der Waals surface area contributed by atoms with Gasteiger partial charge in [-0.25, -0.2) is 0 Å². The van der Waals surface area contributed by atoms with Gasteiger partial charge < -0.3 is 35.6 Å². The monoisotopic (exact) mass is 714 g/mol. The highest BCUT2D eigenvalue weighted by Crippen LogP contribution is 2.20. The van der Waals surface area contributed by atoms with Gasteiger partial charge in [0.05, 0.1) is 42.1 Å². The van der Waals surface area contributed by atoms with Gasteiger partial charge in [0.15, 0.2) is 0 Å². The maximum Gasteiger partial charge on any atom is 0.109 e. The van der Waals surface area contributed by atoms with Crippen LogP contribution < -0.4 is 5.32 Å². The minimum Gasteiger partial charge on any atom is -0.393 e. The molecule has 0 saturated heterocycles. The quantitative estimate of drug-likeness (QED) is 0.0232. The van der Waals surface area contributed by atoms with Gasteiger partial charge in [-0.3, -0.25) is 0 Å². The summed E-state index contributed by atoms with van der Waals surface area (Å²) in [5.74, 6) is 0. The van der Waals surface area contributed by atoms with Crippen LogP contribution in [-0.2, 0) is 4.74 Å². The van der Waals surface area contributed by atoms with E-state index in [1.807, 2.05) is 13.0 Å². The van der Waals surface area contributed by atoms with Gasteiger partial charge in [0, 0.05) is 6.42 Å². The lowest BCUT2D eigenvalue weighted by Gasteiger charge is -2.33. The molecule has 1 aliphatic carbocycles. The minimum absolute atomic E-state index is 0.0511. The molecule has 1 aliphatic rings. The lowest BCUT2D eigenvalue weighted by Crippen LogP contribution is -2.50. The second-order valence-electron chi connectivity index (χ2n) is 14.9. The zero-order valence-corrected chi connectivity index (χ0v) is 32.6. The van der Waals surface area contributed by atoms with Gasteiger partial charge in [0.25, 0.3) is 0 Å². The van der Waals surface area contributed by atoms with Gasteiger partial charge in [0.2, 0.25) is 0 Å². The Morgan fingerprint density at radius 1 is 0.653 bits per heavy atom. The van der Waals surface area contributed by atoms with Crippen LogP contribution in [-0.4, -0.2) is 79.8 Å². The van der Waals surface area contributed by atoms with E-state index in [0.717, 1.165) is 19.3 Å². The number of thiocarbonyl (C=S) groups is 1. The van der Waals surface area contributed by atoms with E-state index in [0.29, 0.717) is 17.8 Å². The SMILES string of the molecule is CCCCCCCCCCCCCCCCCCCCCCCCCC(=S)NC(COC1C/C=C\CC(O)C(O)C1O)C(O)CC(O)CC. The highest BCUT2D eigenvalue weighted by atomic mass is 32.1. The van der Waals surface area contributed by atoms with E-state index in [-0.39, 0.29) is 19.4 Å². The van der Waals surface area contributed by atoms with Crippen molar-refractivity contribution in [3.8, 4) is 0 Å². The molecule has 0 aromatic carbocycles. The van der Waals surface area contributed by atoms with Gasteiger partial charge in [-0.05, 0) is 32.1 Å². The Bertz CT molecular complexity index is 785. The summed E-state index contributed by atoms with van der Waals surface area (Å²) in [6.07, 6.45) is 31.2. The fourth-order valence-corrected chi connectivity index (χ4v) is 7.09. The van der Waals surface area contributed by atoms with Crippen LogP contribution in [0.3, 0.4) is 0 Å². The molecule has 0 aromatic rings. The normalized spacial score (nSPS) is 22.3. The number of hydrogen-bond donors (Lipinski definition) is 6. The zero-order chi connectivity index (χ0) is 36.0. The molecule has 0 aliphatic heterocycles. The van der Waals surface area contributed by atoms with Gasteiger partial charge in [-0.2, -0.15) is 0 Å². The molecule has 8 heteroatoms. The summed E-state index contributed by atoms with van der Waals surface area (Å²) in [4.78, 5) is 0.663. The molecule has 0 bridgehead atoms. The number of nitrogens with one attached hydrogen (secondary N) is 1. The van der Waals surface area contributed by atoms with Crippen LogP contribution in [0, 0.1) is 0 Å². The summed E-state index contributed by atoms with van der Waals surface area (Å²) < 4.78 is 5.97. The Morgan fingerprint density at radius 3 is 1.53 bits per heavy atom. The predicted molar refractivity (Wildman–Crippen MR) is 209 cm³/mol. The molecular weight excluding hydrogens is 635 g/mol. The lowest BCUT2D eigenvalue weighted by molar-refractivity contribution is -0.128. The first-order valence-electron chi connectivity index (χ1n) is 20.8. The molecule has 0 radical (unpaired) electrons. The van der Waals surface area contributed by atoms with Crippen LogP contribution in [0.1, 0.15) is 194 Å². The van der Waals surface area contributed by atoms with E-state index >= 15 is 0 Å². The topological polar surface area (TPSA) is 122 Å². The number of hydrogen-bond acceptors (Lipinski definition) is 7. The summed E-state index contributed by atoms with van der Waals surface area (Å²) in [5, 5.41) is 55.1. The first kappa shape index (κ1) is 46.4. The average Bonchev–Trinajstić information content (AvgIpc) is 3.09. The molecule has 49 heavy (non-hydrogen) atoms. The molecule has 7 unspecified atom stereocenters. The van der Waals surface area contributed by atoms with Crippen molar-refractivity contribution in [2.24, 2.45) is 0 Å². The smallest absolute Gasteiger partial charge is 0.109 e. The highest BCUT2D eigenvalue weighted by molar-refractivity contribution is 7.80. The molecular formula is C41H79NO6S. The number of aliphatic hydroxyl groups is 5. The number of ether oxygens (including phenoxy) is 1. The number of unbranched alkanes of at least 4 members (excludes halogenated alkanes) is 22. The lowest BCUT2D eigenvalue weighted by atomic mass is 9.95. The first-order valence-corrected chi connectivity index (χ1v) is 21.2. The summed E-state index contributed by atoms with van der Waals surface area (Å²) in [5.41, 5.74) is 0. The van der Waals surface area contributed by atoms with Crippen molar-refractivity contribution in [3.63, 3.8) is 0 Å². The van der Waals surface area contributed by atoms with Crippen molar-refractivity contribution in [2.45, 2.75) is 236 Å². The van der Waals surface area contributed by atoms with Crippen molar-refractivity contribution in [1.82, 2.24) is 5.32 Å². The van der Waals surface area contributed by atoms with Crippen LogP contribution in [0.5, 0.6) is 0 Å². The van der Waals surface area contributed by atoms with E-state index in [1.165, 1.54) is 135 Å². The molecule has 0 amide bonds. The minimum atomic E-state index is -1.31. The Hall–Kier alpha value is -0.610. The van der Waals surface area contributed by atoms with Crippen LogP contribution in [0.15, 0.2) is 12.2 Å². The Labute approximate surface area is 307 Å². The third-order valence-electron chi connectivity index (χ3n) is 10.3. The van der Waals surface area contributed by atoms with Crippen molar-refractivity contribution in [1.29, 1.82) is 0 Å². The fraction of sp³-hybridized carbons (Fsp3) is 0.927. The standard InChI is InChI=1S/C41H79NO6S/c1-3-5-6-7-8-9-10-11-12-13-14-15-16-17-18-19-20-21-22-23-24-25-26-31-39(49)42-35(37(45)32-34(43)4-2)33-48-38-30-28-27-29-36(44)40(46)41(38)47/h27-28,34-38,40-41,43-47H,3-26,29-33H2,1-2H3,(H,42,49)/b28-27-. The fourth-order valence-electron chi connectivity index (χ4n) is 6.79. The number of aliphatic hydroxyl groups excluding tert-OH is 5. The van der Waals surface area contributed by atoms with Crippen LogP contribution in [0.25, 0.3) is 0 Å². The summed E-state index contributed by atoms with van der Waals surface area (Å²) >= 11 is 5.62. The molecule has 0 fully saturated rings. The van der Waals surface area contributed by atoms with Crippen LogP contribution >= 0.6 is 12.2 Å². The van der Waals surface area contributed by atoms with Crippen LogP contribution in [0.4, 0.5) is 0 Å². The van der Waals surface area contributed by atoms with Gasteiger partial charge in [-0.1, -0.05) is 179 Å². The molecule has 0 heterocycles. The molecule has 7 nitrogen and oxygen atoms in total. The van der Waals surface area contributed by atoms with Crippen molar-refractivity contribution >= 4 is 17.2 Å². The van der Waals surface area contributed by atoms with Gasteiger partial charge in [0.1, 0.15) is 12.2 Å². The van der Waals surface area contributed by atoms with E-state index in [9.17, 15) is 25.5 Å². The predicted octanol–water partition coefficient (Wildman–Crippen LogP) is 8.99. The van der Waals surface area contributed by atoms with Crippen molar-refractivity contribution in [3.05, 3.63) is 12.2 Å². The third-order valence-corrected chi connectivity index (χ3v) is 10.7. The first-order chi connectivity index (χ1) is 23.8. The van der Waals surface area contributed by atoms with E-state index in [1.54, 1.807) is 6.08 Å². The van der Waals surface area contributed by atoms with Crippen LogP contribution in [0.2, 0.25) is 0 Å². The molecule has 290 valence electrons. The second-order valence-corrected chi connectivity index (χ2v) is 15.4. The average molecular weight is 714 g/mol. The maximum atomic E-state index is 10.9. The van der Waals surface area contributed by atoms with Crippen molar-refractivity contribution < 1.29 is 30.3 Å². The molecule has 0 saturated carbocycles. The largest absolute Gasteiger partial charge is 0.393 e.